The zero-order chi connectivity index (χ0) is 21.8. The van der Waals surface area contributed by atoms with Gasteiger partial charge in [0.15, 0.2) is 17.6 Å². The van der Waals surface area contributed by atoms with Gasteiger partial charge in [0.05, 0.1) is 19.2 Å². The summed E-state index contributed by atoms with van der Waals surface area (Å²) >= 11 is 0. The van der Waals surface area contributed by atoms with E-state index in [1.807, 2.05) is 0 Å². The molecule has 1 aliphatic rings. The third-order valence-corrected chi connectivity index (χ3v) is 4.55. The third-order valence-electron chi connectivity index (χ3n) is 4.55. The Morgan fingerprint density at radius 1 is 0.967 bits per heavy atom. The molecule has 0 aliphatic heterocycles. The molecular weight excluding hydrogens is 392 g/mol. The van der Waals surface area contributed by atoms with Crippen LogP contribution in [0.25, 0.3) is 0 Å². The summed E-state index contributed by atoms with van der Waals surface area (Å²) in [5.41, 5.74) is 6.07. The van der Waals surface area contributed by atoms with Gasteiger partial charge in [-0.2, -0.15) is 0 Å². The van der Waals surface area contributed by atoms with Crippen LogP contribution in [-0.4, -0.2) is 55.7 Å². The molecule has 1 amide bonds. The number of nitrogens with two attached hydrogens (primary N) is 1. The average Bonchev–Trinajstić information content (AvgIpc) is 2.78. The van der Waals surface area contributed by atoms with Gasteiger partial charge in [-0.1, -0.05) is 24.3 Å². The van der Waals surface area contributed by atoms with E-state index < -0.39 is 30.5 Å². The van der Waals surface area contributed by atoms with Gasteiger partial charge in [-0.05, 0) is 18.2 Å². The monoisotopic (exact) mass is 410 g/mol. The Balaban J connectivity index is 1.79. The number of rotatable bonds is 6. The number of nitrogens with one attached hydrogen (secondary N) is 1. The second kappa shape index (κ2) is 8.66. The zero-order valence-electron chi connectivity index (χ0n) is 16.0. The highest BCUT2D eigenvalue weighted by Gasteiger charge is 2.30. The maximum absolute atomic E-state index is 12.8. The van der Waals surface area contributed by atoms with Crippen molar-refractivity contribution in [3.8, 4) is 0 Å². The van der Waals surface area contributed by atoms with Crippen LogP contribution in [0.1, 0.15) is 42.2 Å². The van der Waals surface area contributed by atoms with Gasteiger partial charge in [0.2, 0.25) is 5.91 Å². The van der Waals surface area contributed by atoms with E-state index in [1.165, 1.54) is 18.2 Å². The van der Waals surface area contributed by atoms with Crippen LogP contribution in [0.5, 0.6) is 0 Å². The summed E-state index contributed by atoms with van der Waals surface area (Å²) in [7, 11) is 1.12. The summed E-state index contributed by atoms with van der Waals surface area (Å²) in [6, 6.07) is 9.22. The first kappa shape index (κ1) is 20.9. The Kier molecular flexibility index (Phi) is 6.03. The van der Waals surface area contributed by atoms with Crippen molar-refractivity contribution >= 4 is 29.4 Å². The van der Waals surface area contributed by atoms with E-state index >= 15 is 0 Å². The standard InChI is InChI=1S/C21H18N2O7/c1-29-21(28)16(23-17(24)9-22)10-30-20(27)11-6-7-14-15(8-11)19(26)13-5-3-2-4-12(13)18(14)25/h2-8,16H,9-10,22H2,1H3,(H,23,24)/t16-/m0/s1. The van der Waals surface area contributed by atoms with Crippen molar-refractivity contribution in [2.24, 2.45) is 5.73 Å². The molecule has 1 aliphatic carbocycles. The first-order valence-corrected chi connectivity index (χ1v) is 8.94. The van der Waals surface area contributed by atoms with Crippen LogP contribution in [0.15, 0.2) is 42.5 Å². The number of ketones is 2. The molecule has 1 atom stereocenters. The minimum atomic E-state index is -1.23. The fourth-order valence-electron chi connectivity index (χ4n) is 3.03. The lowest BCUT2D eigenvalue weighted by Crippen LogP contribution is -2.47. The minimum Gasteiger partial charge on any atom is -0.467 e. The van der Waals surface area contributed by atoms with E-state index in [1.54, 1.807) is 24.3 Å². The summed E-state index contributed by atoms with van der Waals surface area (Å²) in [5, 5.41) is 2.28. The maximum Gasteiger partial charge on any atom is 0.338 e. The van der Waals surface area contributed by atoms with Gasteiger partial charge in [-0.3, -0.25) is 14.4 Å². The van der Waals surface area contributed by atoms with Crippen molar-refractivity contribution in [1.82, 2.24) is 5.32 Å². The highest BCUT2D eigenvalue weighted by molar-refractivity contribution is 6.28. The first-order valence-electron chi connectivity index (χ1n) is 8.94. The van der Waals surface area contributed by atoms with Gasteiger partial charge in [-0.15, -0.1) is 0 Å². The molecule has 2 aromatic rings. The highest BCUT2D eigenvalue weighted by atomic mass is 16.5. The molecule has 0 bridgehead atoms. The van der Waals surface area contributed by atoms with Crippen LogP contribution < -0.4 is 11.1 Å². The van der Waals surface area contributed by atoms with Crippen LogP contribution in [0, 0.1) is 0 Å². The summed E-state index contributed by atoms with van der Waals surface area (Å²) in [6.07, 6.45) is 0. The van der Waals surface area contributed by atoms with Crippen LogP contribution >= 0.6 is 0 Å². The van der Waals surface area contributed by atoms with E-state index in [2.05, 4.69) is 10.1 Å². The lowest BCUT2D eigenvalue weighted by atomic mass is 9.83. The van der Waals surface area contributed by atoms with Gasteiger partial charge >= 0.3 is 11.9 Å². The summed E-state index contributed by atoms with van der Waals surface area (Å²) in [6.45, 7) is -0.853. The largest absolute Gasteiger partial charge is 0.467 e. The van der Waals surface area contributed by atoms with Gasteiger partial charge in [0.25, 0.3) is 0 Å². The van der Waals surface area contributed by atoms with Crippen LogP contribution in [0.2, 0.25) is 0 Å². The Morgan fingerprint density at radius 3 is 2.17 bits per heavy atom. The number of carbonyl (C=O) groups excluding carboxylic acids is 5. The molecule has 0 spiro atoms. The number of carbonyl (C=O) groups is 5. The van der Waals surface area contributed by atoms with Crippen molar-refractivity contribution in [1.29, 1.82) is 0 Å². The molecule has 9 nitrogen and oxygen atoms in total. The highest BCUT2D eigenvalue weighted by Crippen LogP contribution is 2.28. The lowest BCUT2D eigenvalue weighted by molar-refractivity contribution is -0.146. The Morgan fingerprint density at radius 2 is 1.57 bits per heavy atom. The smallest absolute Gasteiger partial charge is 0.338 e. The Labute approximate surface area is 171 Å². The molecule has 0 saturated heterocycles. The normalized spacial score (nSPS) is 13.0. The molecule has 9 heteroatoms. The Bertz CT molecular complexity index is 1060. The molecule has 3 N–H and O–H groups in total. The number of methoxy groups -OCH3 is 1. The molecule has 154 valence electrons. The summed E-state index contributed by atoms with van der Waals surface area (Å²) in [5.74, 6) is -2.97. The van der Waals surface area contributed by atoms with E-state index in [9.17, 15) is 24.0 Å². The first-order chi connectivity index (χ1) is 14.4. The molecular formula is C21H18N2O7. The van der Waals surface area contributed by atoms with E-state index in [-0.39, 0.29) is 40.4 Å². The molecule has 0 fully saturated rings. The molecule has 3 rings (SSSR count). The van der Waals surface area contributed by atoms with Crippen LogP contribution in [-0.2, 0) is 19.1 Å². The summed E-state index contributed by atoms with van der Waals surface area (Å²) in [4.78, 5) is 61.0. The molecule has 0 unspecified atom stereocenters. The predicted octanol–water partition coefficient (Wildman–Crippen LogP) is 0.235. The zero-order valence-corrected chi connectivity index (χ0v) is 16.0. The molecule has 0 heterocycles. The van der Waals surface area contributed by atoms with Crippen molar-refractivity contribution in [2.45, 2.75) is 6.04 Å². The van der Waals surface area contributed by atoms with Crippen molar-refractivity contribution < 1.29 is 33.4 Å². The molecule has 0 radical (unpaired) electrons. The number of amides is 1. The SMILES string of the molecule is COC(=O)[C@H](COC(=O)c1ccc2c(c1)C(=O)c1ccccc1C2=O)NC(=O)CN. The number of ether oxygens (including phenoxy) is 2. The fraction of sp³-hybridized carbons (Fsp3) is 0.190. The molecule has 0 saturated carbocycles. The third kappa shape index (κ3) is 3.96. The van der Waals surface area contributed by atoms with Crippen LogP contribution in [0.3, 0.4) is 0 Å². The lowest BCUT2D eigenvalue weighted by Gasteiger charge is -2.18. The van der Waals surface area contributed by atoms with E-state index in [4.69, 9.17) is 10.5 Å². The van der Waals surface area contributed by atoms with Gasteiger partial charge in [0, 0.05) is 22.3 Å². The average molecular weight is 410 g/mol. The second-order valence-electron chi connectivity index (χ2n) is 6.41. The van der Waals surface area contributed by atoms with E-state index in [0.29, 0.717) is 5.56 Å². The number of hydrogen-bond donors (Lipinski definition) is 2. The van der Waals surface area contributed by atoms with Crippen molar-refractivity contribution in [3.63, 3.8) is 0 Å². The maximum atomic E-state index is 12.8. The minimum absolute atomic E-state index is 0.0167. The summed E-state index contributed by atoms with van der Waals surface area (Å²) < 4.78 is 9.65. The molecule has 0 aromatic heterocycles. The number of fused-ring (bicyclic) bond motifs is 2. The molecule has 2 aromatic carbocycles. The second-order valence-corrected chi connectivity index (χ2v) is 6.41. The predicted molar refractivity (Wildman–Crippen MR) is 103 cm³/mol. The topological polar surface area (TPSA) is 142 Å². The molecule has 30 heavy (non-hydrogen) atoms. The fourth-order valence-corrected chi connectivity index (χ4v) is 3.03. The van der Waals surface area contributed by atoms with E-state index in [0.717, 1.165) is 7.11 Å². The van der Waals surface area contributed by atoms with Gasteiger partial charge in [-0.25, -0.2) is 9.59 Å². The van der Waals surface area contributed by atoms with Crippen molar-refractivity contribution in [3.05, 3.63) is 70.3 Å². The van der Waals surface area contributed by atoms with Crippen molar-refractivity contribution in [2.75, 3.05) is 20.3 Å². The number of benzene rings is 2. The van der Waals surface area contributed by atoms with Gasteiger partial charge in [0.1, 0.15) is 6.61 Å². The number of esters is 2. The van der Waals surface area contributed by atoms with Crippen LogP contribution in [0.4, 0.5) is 0 Å². The quantitative estimate of drug-likeness (QED) is 0.550. The Hall–Kier alpha value is -3.85. The number of hydrogen-bond acceptors (Lipinski definition) is 8. The van der Waals surface area contributed by atoms with Gasteiger partial charge < -0.3 is 20.5 Å².